The van der Waals surface area contributed by atoms with Gasteiger partial charge in [-0.15, -0.1) is 0 Å². The van der Waals surface area contributed by atoms with Crippen molar-refractivity contribution >= 4 is 23.7 Å². The lowest BCUT2D eigenvalue weighted by Gasteiger charge is -2.36. The number of hydrogen-bond acceptors (Lipinski definition) is 7. The number of allylic oxidation sites excluding steroid dienone is 3. The summed E-state index contributed by atoms with van der Waals surface area (Å²) >= 11 is 3.87. The Bertz CT molecular complexity index is 851. The van der Waals surface area contributed by atoms with Crippen LogP contribution in [0.5, 0.6) is 0 Å². The minimum absolute atomic E-state index is 0.305. The molecule has 0 aromatic rings. The van der Waals surface area contributed by atoms with Gasteiger partial charge in [-0.1, -0.05) is 110 Å². The summed E-state index contributed by atoms with van der Waals surface area (Å²) in [5, 5.41) is 3.39. The van der Waals surface area contributed by atoms with E-state index in [9.17, 15) is 0 Å². The fourth-order valence-electron chi connectivity index (χ4n) is 7.07. The first-order valence-corrected chi connectivity index (χ1v) is 20.1. The first-order chi connectivity index (χ1) is 21.2. The van der Waals surface area contributed by atoms with Crippen molar-refractivity contribution in [1.82, 2.24) is 24.3 Å². The van der Waals surface area contributed by atoms with E-state index in [2.05, 4.69) is 84.8 Å². The molecule has 1 N–H and O–H groups in total. The number of nitrogens with zero attached hydrogens (tertiary/aromatic N) is 4. The molecule has 0 bridgehead atoms. The van der Waals surface area contributed by atoms with Gasteiger partial charge in [0, 0.05) is 81.1 Å². The van der Waals surface area contributed by atoms with E-state index in [0.29, 0.717) is 5.50 Å². The van der Waals surface area contributed by atoms with E-state index in [1.54, 1.807) is 5.70 Å². The summed E-state index contributed by atoms with van der Waals surface area (Å²) in [6.07, 6.45) is 20.5. The van der Waals surface area contributed by atoms with Crippen molar-refractivity contribution < 1.29 is 0 Å². The van der Waals surface area contributed by atoms with Crippen LogP contribution in [0.2, 0.25) is 0 Å². The number of piperidine rings is 1. The average Bonchev–Trinajstić information content (AvgIpc) is 3.65. The third-order valence-corrected chi connectivity index (χ3v) is 12.2. The molecule has 2 aliphatic carbocycles. The van der Waals surface area contributed by atoms with Crippen molar-refractivity contribution in [2.75, 3.05) is 58.6 Å². The first-order valence-electron chi connectivity index (χ1n) is 18.2. The van der Waals surface area contributed by atoms with Crippen LogP contribution in [-0.2, 0) is 0 Å². The molecule has 2 saturated heterocycles. The smallest absolute Gasteiger partial charge is 0.151 e. The second-order valence-electron chi connectivity index (χ2n) is 14.3. The van der Waals surface area contributed by atoms with Crippen LogP contribution in [0, 0.1) is 23.7 Å². The van der Waals surface area contributed by atoms with E-state index < -0.39 is 0 Å². The normalized spacial score (nSPS) is 27.8. The topological polar surface area (TPSA) is 25.0 Å². The van der Waals surface area contributed by atoms with Gasteiger partial charge in [0.1, 0.15) is 0 Å². The van der Waals surface area contributed by atoms with Gasteiger partial charge in [-0.25, -0.2) is 4.31 Å². The molecule has 0 spiro atoms. The van der Waals surface area contributed by atoms with Crippen molar-refractivity contribution in [2.45, 2.75) is 118 Å². The van der Waals surface area contributed by atoms with Gasteiger partial charge in [0.15, 0.2) is 5.50 Å². The van der Waals surface area contributed by atoms with Crippen molar-refractivity contribution in [3.05, 3.63) is 35.2 Å². The predicted octanol–water partition coefficient (Wildman–Crippen LogP) is 9.23. The zero-order valence-electron chi connectivity index (χ0n) is 29.8. The van der Waals surface area contributed by atoms with E-state index in [-0.39, 0.29) is 0 Å². The molecule has 1 unspecified atom stereocenters. The second-order valence-corrected chi connectivity index (χ2v) is 16.9. The standard InChI is InChI=1S/C15H27N.C14H26N4S2.C8H16/c1-3-6-15(14-7-4-5-8-14)16-11-9-13(2)10-12-16;1-5-19-18-8-6-17(7-9-18)11-13-10-16(4)14(20-13)15-12(2)3;1-7-3-5-8(2)6-4-7/h6,13-14H,3-5,7-12H2,1-2H3;10,14-15H,2,5-9,11H2,1,3-4H3;7-8H,3-6H2,1-2H3. The SMILES string of the molecule is C=C(C)NC1SC(CN2CCN(SCC)CC2)=CN1C.CC1CCC(C)CC1.CCC=C(C1CCCC1)N1CCC(C)CC1. The van der Waals surface area contributed by atoms with Gasteiger partial charge < -0.3 is 15.1 Å². The van der Waals surface area contributed by atoms with Crippen LogP contribution in [0.15, 0.2) is 35.2 Å². The summed E-state index contributed by atoms with van der Waals surface area (Å²) in [5.41, 5.74) is 3.03. The Labute approximate surface area is 282 Å². The fraction of sp³-hybridized carbons (Fsp3) is 0.838. The fourth-order valence-corrected chi connectivity index (χ4v) is 9.11. The van der Waals surface area contributed by atoms with Gasteiger partial charge in [-0.2, -0.15) is 0 Å². The Morgan fingerprint density at radius 3 is 1.98 bits per heavy atom. The Morgan fingerprint density at radius 2 is 1.45 bits per heavy atom. The van der Waals surface area contributed by atoms with Crippen molar-refractivity contribution in [2.24, 2.45) is 23.7 Å². The van der Waals surface area contributed by atoms with Crippen molar-refractivity contribution in [3.63, 3.8) is 0 Å². The molecule has 44 heavy (non-hydrogen) atoms. The maximum absolute atomic E-state index is 3.93. The van der Waals surface area contributed by atoms with E-state index in [1.807, 2.05) is 30.6 Å². The number of thioether (sulfide) groups is 1. The largest absolute Gasteiger partial charge is 0.375 e. The molecule has 5 aliphatic rings. The molecule has 1 atom stereocenters. The van der Waals surface area contributed by atoms with Crippen LogP contribution in [0.25, 0.3) is 0 Å². The van der Waals surface area contributed by atoms with Crippen LogP contribution >= 0.6 is 23.7 Å². The lowest BCUT2D eigenvalue weighted by Crippen LogP contribution is -2.43. The summed E-state index contributed by atoms with van der Waals surface area (Å²) < 4.78 is 2.49. The molecule has 3 heterocycles. The molecule has 3 aliphatic heterocycles. The Morgan fingerprint density at radius 1 is 0.886 bits per heavy atom. The Balaban J connectivity index is 0.000000196. The van der Waals surface area contributed by atoms with Gasteiger partial charge in [0.25, 0.3) is 0 Å². The number of rotatable bonds is 9. The third-order valence-electron chi connectivity index (χ3n) is 10.0. The molecular formula is C37H69N5S2. The van der Waals surface area contributed by atoms with Crippen molar-refractivity contribution in [1.29, 1.82) is 0 Å². The van der Waals surface area contributed by atoms with Crippen LogP contribution in [0.4, 0.5) is 0 Å². The number of piperazine rings is 1. The maximum atomic E-state index is 3.93. The highest BCUT2D eigenvalue weighted by Crippen LogP contribution is 2.35. The lowest BCUT2D eigenvalue weighted by molar-refractivity contribution is 0.212. The Hall–Kier alpha value is -0.760. The molecule has 0 radical (unpaired) electrons. The summed E-state index contributed by atoms with van der Waals surface area (Å²) in [5.74, 6) is 5.06. The van der Waals surface area contributed by atoms with Gasteiger partial charge >= 0.3 is 0 Å². The van der Waals surface area contributed by atoms with Crippen LogP contribution in [-0.4, -0.2) is 83.1 Å². The lowest BCUT2D eigenvalue weighted by atomic mass is 9.84. The second kappa shape index (κ2) is 20.5. The third kappa shape index (κ3) is 13.5. The average molecular weight is 648 g/mol. The van der Waals surface area contributed by atoms with E-state index in [4.69, 9.17) is 0 Å². The summed E-state index contributed by atoms with van der Waals surface area (Å²) in [6.45, 7) is 26.0. The summed E-state index contributed by atoms with van der Waals surface area (Å²) in [6, 6.07) is 0. The zero-order chi connectivity index (χ0) is 31.9. The van der Waals surface area contributed by atoms with E-state index in [1.165, 1.54) is 121 Å². The van der Waals surface area contributed by atoms with E-state index >= 15 is 0 Å². The highest BCUT2D eigenvalue weighted by Gasteiger charge is 2.26. The Kier molecular flexibility index (Phi) is 17.5. The predicted molar refractivity (Wildman–Crippen MR) is 198 cm³/mol. The first kappa shape index (κ1) is 37.7. The summed E-state index contributed by atoms with van der Waals surface area (Å²) in [4.78, 5) is 8.93. The maximum Gasteiger partial charge on any atom is 0.151 e. The monoisotopic (exact) mass is 647 g/mol. The van der Waals surface area contributed by atoms with Crippen LogP contribution in [0.1, 0.15) is 112 Å². The van der Waals surface area contributed by atoms with Gasteiger partial charge in [0.05, 0.1) is 0 Å². The summed E-state index contributed by atoms with van der Waals surface area (Å²) in [7, 11) is 2.12. The van der Waals surface area contributed by atoms with Crippen molar-refractivity contribution in [3.8, 4) is 0 Å². The highest BCUT2D eigenvalue weighted by atomic mass is 32.2. The molecular weight excluding hydrogens is 579 g/mol. The molecule has 5 rings (SSSR count). The molecule has 0 amide bonds. The molecule has 254 valence electrons. The molecule has 5 nitrogen and oxygen atoms in total. The minimum Gasteiger partial charge on any atom is -0.375 e. The highest BCUT2D eigenvalue weighted by molar-refractivity contribution is 8.03. The molecule has 0 aromatic carbocycles. The molecule has 0 aromatic heterocycles. The zero-order valence-corrected chi connectivity index (χ0v) is 31.4. The quantitative estimate of drug-likeness (QED) is 0.249. The van der Waals surface area contributed by atoms with Gasteiger partial charge in [-0.05, 0) is 62.7 Å². The molecule has 7 heteroatoms. The van der Waals surface area contributed by atoms with Crippen LogP contribution < -0.4 is 5.32 Å². The number of nitrogens with one attached hydrogen (secondary N) is 1. The van der Waals surface area contributed by atoms with Crippen LogP contribution in [0.3, 0.4) is 0 Å². The van der Waals surface area contributed by atoms with Gasteiger partial charge in [0.2, 0.25) is 0 Å². The minimum atomic E-state index is 0.305. The molecule has 4 fully saturated rings. The van der Waals surface area contributed by atoms with Gasteiger partial charge in [-0.3, -0.25) is 4.90 Å². The number of likely N-dealkylation sites (tertiary alicyclic amines) is 1. The number of hydrogen-bond donors (Lipinski definition) is 1. The molecule has 2 saturated carbocycles. The van der Waals surface area contributed by atoms with E-state index in [0.717, 1.165) is 35.9 Å².